The van der Waals surface area contributed by atoms with Crippen LogP contribution in [0.3, 0.4) is 0 Å². The average Bonchev–Trinajstić information content (AvgIpc) is 2.95. The summed E-state index contributed by atoms with van der Waals surface area (Å²) in [5.41, 5.74) is 0. The fourth-order valence-electron chi connectivity index (χ4n) is 1.65. The molecule has 2 aromatic heterocycles. The lowest BCUT2D eigenvalue weighted by molar-refractivity contribution is 0.500. The first kappa shape index (κ1) is 9.60. The summed E-state index contributed by atoms with van der Waals surface area (Å²) < 4.78 is 18.8. The zero-order valence-electron chi connectivity index (χ0n) is 8.31. The summed E-state index contributed by atoms with van der Waals surface area (Å²) in [4.78, 5) is 1.02. The van der Waals surface area contributed by atoms with Crippen molar-refractivity contribution in [2.45, 2.75) is 0 Å². The van der Waals surface area contributed by atoms with Crippen molar-refractivity contribution in [3.05, 3.63) is 54.9 Å². The van der Waals surface area contributed by atoms with Gasteiger partial charge in [0.05, 0.1) is 4.88 Å². The van der Waals surface area contributed by atoms with Crippen LogP contribution in [0.4, 0.5) is 4.39 Å². The molecular formula is C13H8FOS. The van der Waals surface area contributed by atoms with Gasteiger partial charge in [0.25, 0.3) is 0 Å². The Kier molecular flexibility index (Phi) is 2.26. The number of hydrogen-bond donors (Lipinski definition) is 0. The van der Waals surface area contributed by atoms with Crippen LogP contribution in [0.15, 0.2) is 46.9 Å². The molecule has 3 heteroatoms. The van der Waals surface area contributed by atoms with Gasteiger partial charge in [-0.3, -0.25) is 0 Å². The highest BCUT2D eigenvalue weighted by molar-refractivity contribution is 7.22. The Balaban J connectivity index is 2.11. The Bertz CT molecular complexity index is 590. The SMILES string of the molecule is F[CH]c1ccc(-c2cc3ccccc3s2)o1. The van der Waals surface area contributed by atoms with Gasteiger partial charge in [0.2, 0.25) is 0 Å². The van der Waals surface area contributed by atoms with E-state index in [0.29, 0.717) is 12.4 Å². The van der Waals surface area contributed by atoms with Crippen molar-refractivity contribution in [1.29, 1.82) is 0 Å². The molecule has 0 unspecified atom stereocenters. The molecule has 0 fully saturated rings. The molecule has 79 valence electrons. The smallest absolute Gasteiger partial charge is 0.196 e. The molecule has 0 N–H and O–H groups in total. The van der Waals surface area contributed by atoms with Gasteiger partial charge in [-0.2, -0.15) is 0 Å². The highest BCUT2D eigenvalue weighted by atomic mass is 32.1. The second kappa shape index (κ2) is 3.76. The van der Waals surface area contributed by atoms with Crippen LogP contribution >= 0.6 is 11.3 Å². The van der Waals surface area contributed by atoms with Crippen LogP contribution in [-0.4, -0.2) is 0 Å². The van der Waals surface area contributed by atoms with Crippen molar-refractivity contribution in [1.82, 2.24) is 0 Å². The second-order valence-electron chi connectivity index (χ2n) is 3.46. The highest BCUT2D eigenvalue weighted by Crippen LogP contribution is 2.34. The molecule has 1 nitrogen and oxygen atoms in total. The lowest BCUT2D eigenvalue weighted by Gasteiger charge is -1.88. The molecule has 0 atom stereocenters. The second-order valence-corrected chi connectivity index (χ2v) is 4.54. The zero-order chi connectivity index (χ0) is 11.0. The van der Waals surface area contributed by atoms with Crippen molar-refractivity contribution in [2.75, 3.05) is 0 Å². The van der Waals surface area contributed by atoms with Gasteiger partial charge in [0.15, 0.2) is 6.67 Å². The summed E-state index contributed by atoms with van der Waals surface area (Å²) >= 11 is 1.64. The van der Waals surface area contributed by atoms with Crippen LogP contribution in [-0.2, 0) is 0 Å². The van der Waals surface area contributed by atoms with Crippen molar-refractivity contribution < 1.29 is 8.81 Å². The Labute approximate surface area is 96.1 Å². The number of hydrogen-bond acceptors (Lipinski definition) is 2. The van der Waals surface area contributed by atoms with E-state index in [1.54, 1.807) is 23.5 Å². The summed E-state index contributed by atoms with van der Waals surface area (Å²) in [6, 6.07) is 13.6. The largest absolute Gasteiger partial charge is 0.457 e. The van der Waals surface area contributed by atoms with Crippen molar-refractivity contribution in [3.8, 4) is 10.6 Å². The van der Waals surface area contributed by atoms with Gasteiger partial charge in [0, 0.05) is 4.70 Å². The standard InChI is InChI=1S/C13H8FOS/c14-8-10-5-6-11(15-10)13-7-9-3-1-2-4-12(9)16-13/h1-8H. The summed E-state index contributed by atoms with van der Waals surface area (Å²) in [6.07, 6.45) is 0. The topological polar surface area (TPSA) is 13.1 Å². The number of thiophene rings is 1. The number of fused-ring (bicyclic) bond motifs is 1. The van der Waals surface area contributed by atoms with E-state index in [4.69, 9.17) is 4.42 Å². The third kappa shape index (κ3) is 1.53. The first-order chi connectivity index (χ1) is 7.86. The molecule has 0 amide bonds. The van der Waals surface area contributed by atoms with Crippen LogP contribution < -0.4 is 0 Å². The molecule has 1 radical (unpaired) electrons. The summed E-state index contributed by atoms with van der Waals surface area (Å²) in [7, 11) is 0. The first-order valence-electron chi connectivity index (χ1n) is 4.89. The van der Waals surface area contributed by atoms with E-state index in [-0.39, 0.29) is 5.76 Å². The molecule has 0 aliphatic carbocycles. The molecule has 2 heterocycles. The van der Waals surface area contributed by atoms with Crippen LogP contribution in [0.5, 0.6) is 0 Å². The molecule has 3 rings (SSSR count). The molecular weight excluding hydrogens is 223 g/mol. The maximum absolute atomic E-state index is 12.2. The lowest BCUT2D eigenvalue weighted by atomic mass is 10.2. The van der Waals surface area contributed by atoms with E-state index in [1.807, 2.05) is 12.1 Å². The number of furan rings is 1. The monoisotopic (exact) mass is 231 g/mol. The van der Waals surface area contributed by atoms with Crippen molar-refractivity contribution in [3.63, 3.8) is 0 Å². The maximum Gasteiger partial charge on any atom is 0.196 e. The van der Waals surface area contributed by atoms with Crippen LogP contribution in [0, 0.1) is 6.67 Å². The van der Waals surface area contributed by atoms with Gasteiger partial charge < -0.3 is 4.42 Å². The Morgan fingerprint density at radius 3 is 2.75 bits per heavy atom. The summed E-state index contributed by atoms with van der Waals surface area (Å²) in [5, 5.41) is 1.18. The fourth-order valence-corrected chi connectivity index (χ4v) is 2.67. The van der Waals surface area contributed by atoms with Crippen molar-refractivity contribution >= 4 is 21.4 Å². The molecule has 16 heavy (non-hydrogen) atoms. The fraction of sp³-hybridized carbons (Fsp3) is 0. The van der Waals surface area contributed by atoms with Gasteiger partial charge in [-0.1, -0.05) is 18.2 Å². The summed E-state index contributed by atoms with van der Waals surface area (Å²) in [5.74, 6) is 0.970. The normalized spacial score (nSPS) is 11.1. The van der Waals surface area contributed by atoms with Gasteiger partial charge in [-0.25, -0.2) is 4.39 Å². The minimum Gasteiger partial charge on any atom is -0.457 e. The average molecular weight is 231 g/mol. The number of halogens is 1. The van der Waals surface area contributed by atoms with E-state index < -0.39 is 0 Å². The van der Waals surface area contributed by atoms with E-state index >= 15 is 0 Å². The molecule has 0 saturated heterocycles. The van der Waals surface area contributed by atoms with Gasteiger partial charge >= 0.3 is 0 Å². The Morgan fingerprint density at radius 1 is 1.12 bits per heavy atom. The lowest BCUT2D eigenvalue weighted by Crippen LogP contribution is -1.64. The maximum atomic E-state index is 12.2. The van der Waals surface area contributed by atoms with Crippen molar-refractivity contribution in [2.24, 2.45) is 0 Å². The molecule has 0 saturated carbocycles. The predicted molar refractivity (Wildman–Crippen MR) is 64.0 cm³/mol. The Hall–Kier alpha value is -1.61. The zero-order valence-corrected chi connectivity index (χ0v) is 9.13. The minimum absolute atomic E-state index is 0.257. The van der Waals surface area contributed by atoms with E-state index in [1.165, 1.54) is 10.1 Å². The van der Waals surface area contributed by atoms with Crippen LogP contribution in [0.1, 0.15) is 5.76 Å². The van der Waals surface area contributed by atoms with Gasteiger partial charge in [-0.05, 0) is 29.7 Å². The number of rotatable bonds is 2. The highest BCUT2D eigenvalue weighted by Gasteiger charge is 2.08. The molecule has 0 aliphatic rings. The molecule has 0 bridgehead atoms. The minimum atomic E-state index is 0.257. The molecule has 3 aromatic rings. The summed E-state index contributed by atoms with van der Waals surface area (Å²) in [6.45, 7) is 0.469. The predicted octanol–water partition coefficient (Wildman–Crippen LogP) is 4.64. The van der Waals surface area contributed by atoms with Gasteiger partial charge in [0.1, 0.15) is 11.5 Å². The third-order valence-corrected chi connectivity index (χ3v) is 3.53. The van der Waals surface area contributed by atoms with E-state index in [2.05, 4.69) is 18.2 Å². The third-order valence-electron chi connectivity index (χ3n) is 2.40. The Morgan fingerprint density at radius 2 is 2.00 bits per heavy atom. The molecule has 1 aromatic carbocycles. The number of benzene rings is 1. The van der Waals surface area contributed by atoms with E-state index in [9.17, 15) is 4.39 Å². The van der Waals surface area contributed by atoms with Gasteiger partial charge in [-0.15, -0.1) is 11.3 Å². The van der Waals surface area contributed by atoms with Crippen LogP contribution in [0.25, 0.3) is 20.7 Å². The van der Waals surface area contributed by atoms with Crippen LogP contribution in [0.2, 0.25) is 0 Å². The molecule has 0 spiro atoms. The van der Waals surface area contributed by atoms with E-state index in [0.717, 1.165) is 4.88 Å². The first-order valence-corrected chi connectivity index (χ1v) is 5.71. The quantitative estimate of drug-likeness (QED) is 0.626. The molecule has 0 aliphatic heterocycles.